The molecule has 0 amide bonds. The van der Waals surface area contributed by atoms with Gasteiger partial charge in [0.25, 0.3) is 0 Å². The van der Waals surface area contributed by atoms with Crippen molar-refractivity contribution in [3.05, 3.63) is 23.8 Å². The summed E-state index contributed by atoms with van der Waals surface area (Å²) in [5.41, 5.74) is 0.626. The highest BCUT2D eigenvalue weighted by Gasteiger charge is 2.43. The lowest BCUT2D eigenvalue weighted by Crippen LogP contribution is -2.25. The maximum atomic E-state index is 12.7. The lowest BCUT2D eigenvalue weighted by Gasteiger charge is -2.04. The van der Waals surface area contributed by atoms with Crippen LogP contribution in [0.3, 0.4) is 0 Å². The molecule has 0 atom stereocenters. The second kappa shape index (κ2) is 4.60. The molecule has 0 spiro atoms. The van der Waals surface area contributed by atoms with Crippen LogP contribution >= 0.6 is 0 Å². The summed E-state index contributed by atoms with van der Waals surface area (Å²) < 4.78 is 34.1. The zero-order chi connectivity index (χ0) is 12.3. The fourth-order valence-corrected chi connectivity index (χ4v) is 1.38. The number of hydrogen-bond acceptors (Lipinski definition) is 3. The maximum absolute atomic E-state index is 12.7. The van der Waals surface area contributed by atoms with Gasteiger partial charge in [0.15, 0.2) is 11.5 Å². The monoisotopic (exact) mass is 239 g/mol. The molecule has 0 saturated carbocycles. The Morgan fingerprint density at radius 3 is 2.82 bits per heavy atom. The summed E-state index contributed by atoms with van der Waals surface area (Å²) in [6.45, 7) is 0.787. The van der Waals surface area contributed by atoms with Crippen molar-refractivity contribution in [2.75, 3.05) is 13.6 Å². The molecule has 0 bridgehead atoms. The van der Waals surface area contributed by atoms with Gasteiger partial charge in [-0.25, -0.2) is 0 Å². The average Bonchev–Trinajstić information content (AvgIpc) is 2.57. The molecule has 2 rings (SSSR count). The Morgan fingerprint density at radius 2 is 2.06 bits per heavy atom. The topological polar surface area (TPSA) is 30.5 Å². The van der Waals surface area contributed by atoms with E-state index in [9.17, 15) is 8.78 Å². The Hall–Kier alpha value is -1.80. The highest BCUT2D eigenvalue weighted by molar-refractivity contribution is 5.49. The molecule has 0 radical (unpaired) electrons. The molecule has 0 saturated heterocycles. The van der Waals surface area contributed by atoms with Crippen LogP contribution in [0, 0.1) is 11.8 Å². The molecule has 0 aliphatic carbocycles. The van der Waals surface area contributed by atoms with Crippen LogP contribution in [0.4, 0.5) is 8.78 Å². The lowest BCUT2D eigenvalue weighted by molar-refractivity contribution is -0.286. The predicted molar refractivity (Wildman–Crippen MR) is 58.1 cm³/mol. The molecule has 1 N–H and O–H groups in total. The molecule has 0 fully saturated rings. The van der Waals surface area contributed by atoms with Crippen molar-refractivity contribution in [3.63, 3.8) is 0 Å². The van der Waals surface area contributed by atoms with Gasteiger partial charge in [0.05, 0.1) is 0 Å². The van der Waals surface area contributed by atoms with Crippen molar-refractivity contribution in [3.8, 4) is 23.3 Å². The predicted octanol–water partition coefficient (Wildman–Crippen LogP) is 1.97. The van der Waals surface area contributed by atoms with Gasteiger partial charge in [-0.3, -0.25) is 0 Å². The molecule has 1 aromatic carbocycles. The number of fused-ring (bicyclic) bond motifs is 1. The Morgan fingerprint density at radius 1 is 1.29 bits per heavy atom. The molecular formula is C12H11F2NO2. The van der Waals surface area contributed by atoms with Gasteiger partial charge in [-0.1, -0.05) is 11.8 Å². The van der Waals surface area contributed by atoms with Gasteiger partial charge in [-0.05, 0) is 19.2 Å². The molecule has 17 heavy (non-hydrogen) atoms. The van der Waals surface area contributed by atoms with Crippen molar-refractivity contribution >= 4 is 0 Å². The van der Waals surface area contributed by atoms with Gasteiger partial charge in [-0.2, -0.15) is 0 Å². The Kier molecular flexibility index (Phi) is 3.16. The summed E-state index contributed by atoms with van der Waals surface area (Å²) in [7, 11) is 1.84. The van der Waals surface area contributed by atoms with Crippen LogP contribution in [0.1, 0.15) is 12.0 Å². The minimum absolute atomic E-state index is 0.0235. The molecule has 1 aliphatic heterocycles. The molecule has 5 heteroatoms. The number of nitrogens with one attached hydrogen (secondary N) is 1. The molecule has 1 aliphatic rings. The lowest BCUT2D eigenvalue weighted by atomic mass is 10.2. The molecule has 3 nitrogen and oxygen atoms in total. The SMILES string of the molecule is CNCCC#Cc1ccc2c(c1)OC(F)(F)O2. The summed E-state index contributed by atoms with van der Waals surface area (Å²) in [4.78, 5) is 0. The van der Waals surface area contributed by atoms with Crippen LogP contribution in [0.5, 0.6) is 11.5 Å². The first-order valence-corrected chi connectivity index (χ1v) is 5.14. The Labute approximate surface area is 97.7 Å². The van der Waals surface area contributed by atoms with Gasteiger partial charge in [-0.15, -0.1) is 8.78 Å². The summed E-state index contributed by atoms with van der Waals surface area (Å²) in [6, 6.07) is 4.50. The van der Waals surface area contributed by atoms with Gasteiger partial charge >= 0.3 is 6.29 Å². The van der Waals surface area contributed by atoms with E-state index in [-0.39, 0.29) is 11.5 Å². The number of alkyl halides is 2. The Balaban J connectivity index is 2.10. The van der Waals surface area contributed by atoms with E-state index in [4.69, 9.17) is 0 Å². The largest absolute Gasteiger partial charge is 0.586 e. The number of rotatable bonds is 2. The van der Waals surface area contributed by atoms with E-state index in [0.717, 1.165) is 6.54 Å². The van der Waals surface area contributed by atoms with Crippen LogP contribution < -0.4 is 14.8 Å². The van der Waals surface area contributed by atoms with Crippen LogP contribution in [-0.4, -0.2) is 19.9 Å². The third kappa shape index (κ3) is 2.86. The standard InChI is InChI=1S/C12H11F2NO2/c1-15-7-3-2-4-9-5-6-10-11(8-9)17-12(13,14)16-10/h5-6,8,15H,3,7H2,1H3. The van der Waals surface area contributed by atoms with Gasteiger partial charge in [0.2, 0.25) is 0 Å². The highest BCUT2D eigenvalue weighted by atomic mass is 19.3. The first kappa shape index (κ1) is 11.7. The van der Waals surface area contributed by atoms with E-state index < -0.39 is 6.29 Å². The highest BCUT2D eigenvalue weighted by Crippen LogP contribution is 2.40. The number of benzene rings is 1. The maximum Gasteiger partial charge on any atom is 0.586 e. The fourth-order valence-electron chi connectivity index (χ4n) is 1.38. The van der Waals surface area contributed by atoms with Crippen molar-refractivity contribution in [2.45, 2.75) is 12.7 Å². The van der Waals surface area contributed by atoms with Crippen LogP contribution in [0.2, 0.25) is 0 Å². The molecule has 0 aromatic heterocycles. The molecule has 90 valence electrons. The van der Waals surface area contributed by atoms with Crippen molar-refractivity contribution in [1.82, 2.24) is 5.32 Å². The minimum Gasteiger partial charge on any atom is -0.395 e. The first-order valence-electron chi connectivity index (χ1n) is 5.14. The molecule has 1 heterocycles. The third-order valence-electron chi connectivity index (χ3n) is 2.13. The van der Waals surface area contributed by atoms with E-state index in [1.807, 2.05) is 7.05 Å². The zero-order valence-corrected chi connectivity index (χ0v) is 9.22. The summed E-state index contributed by atoms with van der Waals surface area (Å²) in [5, 5.41) is 2.96. The molecule has 1 aromatic rings. The van der Waals surface area contributed by atoms with Crippen molar-refractivity contribution in [2.24, 2.45) is 0 Å². The van der Waals surface area contributed by atoms with E-state index in [0.29, 0.717) is 12.0 Å². The van der Waals surface area contributed by atoms with Crippen LogP contribution in [0.25, 0.3) is 0 Å². The smallest absolute Gasteiger partial charge is 0.395 e. The average molecular weight is 239 g/mol. The van der Waals surface area contributed by atoms with E-state index in [2.05, 4.69) is 26.6 Å². The van der Waals surface area contributed by atoms with Gasteiger partial charge in [0, 0.05) is 24.6 Å². The summed E-state index contributed by atoms with van der Waals surface area (Å²) in [5.74, 6) is 5.85. The molecular weight excluding hydrogens is 228 g/mol. The quantitative estimate of drug-likeness (QED) is 0.632. The normalized spacial score (nSPS) is 15.2. The van der Waals surface area contributed by atoms with Gasteiger partial charge in [0.1, 0.15) is 0 Å². The fraction of sp³-hybridized carbons (Fsp3) is 0.333. The third-order valence-corrected chi connectivity index (χ3v) is 2.13. The summed E-state index contributed by atoms with van der Waals surface area (Å²) >= 11 is 0. The van der Waals surface area contributed by atoms with E-state index >= 15 is 0 Å². The van der Waals surface area contributed by atoms with E-state index in [1.54, 1.807) is 6.07 Å². The first-order chi connectivity index (χ1) is 8.11. The Bertz CT molecular complexity index is 477. The second-order valence-electron chi connectivity index (χ2n) is 3.48. The minimum atomic E-state index is -3.57. The molecule has 0 unspecified atom stereocenters. The number of ether oxygens (including phenoxy) is 2. The number of hydrogen-bond donors (Lipinski definition) is 1. The van der Waals surface area contributed by atoms with Crippen molar-refractivity contribution in [1.29, 1.82) is 0 Å². The second-order valence-corrected chi connectivity index (χ2v) is 3.48. The number of halogens is 2. The van der Waals surface area contributed by atoms with E-state index in [1.165, 1.54) is 12.1 Å². The van der Waals surface area contributed by atoms with Crippen molar-refractivity contribution < 1.29 is 18.3 Å². The van der Waals surface area contributed by atoms with Gasteiger partial charge < -0.3 is 14.8 Å². The van der Waals surface area contributed by atoms with Crippen LogP contribution in [-0.2, 0) is 0 Å². The summed E-state index contributed by atoms with van der Waals surface area (Å²) in [6.07, 6.45) is -2.87. The van der Waals surface area contributed by atoms with Crippen LogP contribution in [0.15, 0.2) is 18.2 Å². The zero-order valence-electron chi connectivity index (χ0n) is 9.22.